The highest BCUT2D eigenvalue weighted by Crippen LogP contribution is 2.29. The first kappa shape index (κ1) is 16.5. The first-order chi connectivity index (χ1) is 11.6. The Morgan fingerprint density at radius 2 is 1.67 bits per heavy atom. The quantitative estimate of drug-likeness (QED) is 0.685. The largest absolute Gasteiger partial charge is 0.491 e. The van der Waals surface area contributed by atoms with E-state index in [2.05, 4.69) is 23.5 Å². The maximum absolute atomic E-state index is 13.0. The van der Waals surface area contributed by atoms with Gasteiger partial charge < -0.3 is 10.1 Å². The highest BCUT2D eigenvalue weighted by Gasteiger charge is 2.10. The molecule has 0 fully saturated rings. The Hall–Kier alpha value is -2.39. The second-order valence-corrected chi connectivity index (χ2v) is 6.16. The van der Waals surface area contributed by atoms with E-state index in [9.17, 15) is 4.39 Å². The van der Waals surface area contributed by atoms with Gasteiger partial charge >= 0.3 is 0 Å². The van der Waals surface area contributed by atoms with Gasteiger partial charge in [-0.2, -0.15) is 0 Å². The van der Waals surface area contributed by atoms with Gasteiger partial charge in [0, 0.05) is 18.7 Å². The van der Waals surface area contributed by atoms with Crippen molar-refractivity contribution in [2.45, 2.75) is 33.0 Å². The van der Waals surface area contributed by atoms with Gasteiger partial charge in [-0.25, -0.2) is 4.39 Å². The van der Waals surface area contributed by atoms with Crippen molar-refractivity contribution in [1.82, 2.24) is 5.32 Å². The van der Waals surface area contributed by atoms with Gasteiger partial charge in [0.05, 0.1) is 6.10 Å². The van der Waals surface area contributed by atoms with Crippen molar-refractivity contribution in [3.05, 3.63) is 77.6 Å². The Kier molecular flexibility index (Phi) is 5.11. The minimum absolute atomic E-state index is 0.127. The van der Waals surface area contributed by atoms with Crippen LogP contribution in [0.25, 0.3) is 10.8 Å². The molecular formula is C21H22FNO. The zero-order chi connectivity index (χ0) is 16.9. The predicted molar refractivity (Wildman–Crippen MR) is 96.7 cm³/mol. The van der Waals surface area contributed by atoms with Crippen LogP contribution in [0.15, 0.2) is 60.7 Å². The van der Waals surface area contributed by atoms with Crippen LogP contribution in [0.4, 0.5) is 4.39 Å². The van der Waals surface area contributed by atoms with Gasteiger partial charge in [0.2, 0.25) is 0 Å². The van der Waals surface area contributed by atoms with E-state index in [4.69, 9.17) is 4.74 Å². The molecule has 0 aliphatic heterocycles. The third kappa shape index (κ3) is 3.92. The first-order valence-corrected chi connectivity index (χ1v) is 8.26. The summed E-state index contributed by atoms with van der Waals surface area (Å²) in [6.45, 7) is 5.45. The van der Waals surface area contributed by atoms with E-state index in [1.807, 2.05) is 32.0 Å². The summed E-state index contributed by atoms with van der Waals surface area (Å²) in [5.41, 5.74) is 2.21. The fourth-order valence-corrected chi connectivity index (χ4v) is 2.80. The number of rotatable bonds is 6. The lowest BCUT2D eigenvalue weighted by atomic mass is 10.0. The molecule has 0 heterocycles. The average Bonchev–Trinajstić information content (AvgIpc) is 2.58. The Balaban J connectivity index is 1.81. The number of hydrogen-bond donors (Lipinski definition) is 1. The van der Waals surface area contributed by atoms with E-state index in [-0.39, 0.29) is 11.9 Å². The zero-order valence-corrected chi connectivity index (χ0v) is 14.1. The SMILES string of the molecule is CC(C)Oc1ccc2ccccc2c1CNCc1ccc(F)cc1. The van der Waals surface area contributed by atoms with Gasteiger partial charge in [-0.05, 0) is 48.4 Å². The van der Waals surface area contributed by atoms with Crippen molar-refractivity contribution in [3.63, 3.8) is 0 Å². The average molecular weight is 323 g/mol. The molecule has 124 valence electrons. The molecule has 0 atom stereocenters. The maximum atomic E-state index is 13.0. The molecule has 3 aromatic carbocycles. The number of ether oxygens (including phenoxy) is 1. The predicted octanol–water partition coefficient (Wildman–Crippen LogP) is 5.06. The molecule has 0 aliphatic carbocycles. The summed E-state index contributed by atoms with van der Waals surface area (Å²) < 4.78 is 19.0. The fourth-order valence-electron chi connectivity index (χ4n) is 2.80. The van der Waals surface area contributed by atoms with Crippen LogP contribution in [-0.4, -0.2) is 6.10 Å². The van der Waals surface area contributed by atoms with E-state index >= 15 is 0 Å². The molecule has 24 heavy (non-hydrogen) atoms. The van der Waals surface area contributed by atoms with Crippen molar-refractivity contribution >= 4 is 10.8 Å². The summed E-state index contributed by atoms with van der Waals surface area (Å²) in [6, 6.07) is 19.0. The smallest absolute Gasteiger partial charge is 0.124 e. The van der Waals surface area contributed by atoms with Gasteiger partial charge in [-0.1, -0.05) is 42.5 Å². The molecule has 0 radical (unpaired) electrons. The second kappa shape index (κ2) is 7.45. The van der Waals surface area contributed by atoms with E-state index in [0.29, 0.717) is 13.1 Å². The molecule has 0 aromatic heterocycles. The van der Waals surface area contributed by atoms with Gasteiger partial charge in [0.1, 0.15) is 11.6 Å². The molecule has 2 nitrogen and oxygen atoms in total. The molecule has 0 aliphatic rings. The van der Waals surface area contributed by atoms with Gasteiger partial charge in [0.25, 0.3) is 0 Å². The molecular weight excluding hydrogens is 301 g/mol. The van der Waals surface area contributed by atoms with Gasteiger partial charge in [-0.3, -0.25) is 0 Å². The number of halogens is 1. The van der Waals surface area contributed by atoms with E-state index < -0.39 is 0 Å². The Morgan fingerprint density at radius 3 is 2.42 bits per heavy atom. The monoisotopic (exact) mass is 323 g/mol. The lowest BCUT2D eigenvalue weighted by Gasteiger charge is -2.17. The lowest BCUT2D eigenvalue weighted by Crippen LogP contribution is -2.15. The van der Waals surface area contributed by atoms with E-state index in [0.717, 1.165) is 16.9 Å². The van der Waals surface area contributed by atoms with Crippen LogP contribution in [0.3, 0.4) is 0 Å². The summed E-state index contributed by atoms with van der Waals surface area (Å²) >= 11 is 0. The summed E-state index contributed by atoms with van der Waals surface area (Å²) in [5.74, 6) is 0.704. The number of hydrogen-bond acceptors (Lipinski definition) is 2. The van der Waals surface area contributed by atoms with Crippen molar-refractivity contribution in [2.24, 2.45) is 0 Å². The second-order valence-electron chi connectivity index (χ2n) is 6.16. The molecule has 0 saturated carbocycles. The van der Waals surface area contributed by atoms with Gasteiger partial charge in [0.15, 0.2) is 0 Å². The number of fused-ring (bicyclic) bond motifs is 1. The summed E-state index contributed by atoms with van der Waals surface area (Å²) in [6.07, 6.45) is 0.127. The third-order valence-corrected chi connectivity index (χ3v) is 3.90. The van der Waals surface area contributed by atoms with E-state index in [1.54, 1.807) is 12.1 Å². The zero-order valence-electron chi connectivity index (χ0n) is 14.1. The van der Waals surface area contributed by atoms with Crippen molar-refractivity contribution in [1.29, 1.82) is 0 Å². The summed E-state index contributed by atoms with van der Waals surface area (Å²) in [5, 5.41) is 5.84. The van der Waals surface area contributed by atoms with Crippen LogP contribution in [0.1, 0.15) is 25.0 Å². The van der Waals surface area contributed by atoms with Crippen LogP contribution in [0, 0.1) is 5.82 Å². The molecule has 0 saturated heterocycles. The Bertz CT molecular complexity index is 812. The Labute approximate surface area is 142 Å². The van der Waals surface area contributed by atoms with Crippen LogP contribution < -0.4 is 10.1 Å². The minimum atomic E-state index is -0.208. The fraction of sp³-hybridized carbons (Fsp3) is 0.238. The molecule has 3 rings (SSSR count). The highest BCUT2D eigenvalue weighted by atomic mass is 19.1. The van der Waals surface area contributed by atoms with Gasteiger partial charge in [-0.15, -0.1) is 0 Å². The maximum Gasteiger partial charge on any atom is 0.124 e. The number of nitrogens with one attached hydrogen (secondary N) is 1. The van der Waals surface area contributed by atoms with Crippen LogP contribution >= 0.6 is 0 Å². The standard InChI is InChI=1S/C21H22FNO/c1-15(2)24-21-12-9-17-5-3-4-6-19(17)20(21)14-23-13-16-7-10-18(22)11-8-16/h3-12,15,23H,13-14H2,1-2H3. The van der Waals surface area contributed by atoms with Crippen LogP contribution in [0.5, 0.6) is 5.75 Å². The normalized spacial score (nSPS) is 11.2. The lowest BCUT2D eigenvalue weighted by molar-refractivity contribution is 0.240. The minimum Gasteiger partial charge on any atom is -0.491 e. The Morgan fingerprint density at radius 1 is 0.917 bits per heavy atom. The van der Waals surface area contributed by atoms with Crippen molar-refractivity contribution < 1.29 is 9.13 Å². The molecule has 0 bridgehead atoms. The summed E-state index contributed by atoms with van der Waals surface area (Å²) in [4.78, 5) is 0. The molecule has 3 aromatic rings. The highest BCUT2D eigenvalue weighted by molar-refractivity contribution is 5.87. The van der Waals surface area contributed by atoms with Crippen molar-refractivity contribution in [3.8, 4) is 5.75 Å². The van der Waals surface area contributed by atoms with Crippen LogP contribution in [-0.2, 0) is 13.1 Å². The molecule has 0 spiro atoms. The molecule has 0 unspecified atom stereocenters. The van der Waals surface area contributed by atoms with Crippen LogP contribution in [0.2, 0.25) is 0 Å². The number of benzene rings is 3. The molecule has 0 amide bonds. The van der Waals surface area contributed by atoms with E-state index in [1.165, 1.54) is 22.9 Å². The first-order valence-electron chi connectivity index (χ1n) is 8.26. The summed E-state index contributed by atoms with van der Waals surface area (Å²) in [7, 11) is 0. The molecule has 1 N–H and O–H groups in total. The van der Waals surface area contributed by atoms with Crippen molar-refractivity contribution in [2.75, 3.05) is 0 Å². The third-order valence-electron chi connectivity index (χ3n) is 3.90. The topological polar surface area (TPSA) is 21.3 Å². The molecule has 3 heteroatoms.